The van der Waals surface area contributed by atoms with E-state index in [2.05, 4.69) is 0 Å². The predicted molar refractivity (Wildman–Crippen MR) is 55.8 cm³/mol. The molecule has 0 amide bonds. The molecule has 2 saturated carbocycles. The summed E-state index contributed by atoms with van der Waals surface area (Å²) in [6.07, 6.45) is 3.19. The normalized spacial score (nSPS) is 43.1. The molecule has 1 spiro atoms. The Kier molecular flexibility index (Phi) is 2.40. The fourth-order valence-corrected chi connectivity index (χ4v) is 3.94. The molecule has 1 saturated heterocycles. The van der Waals surface area contributed by atoms with Gasteiger partial charge in [-0.2, -0.15) is 0 Å². The largest absolute Gasteiger partial charge is 0.465 e. The van der Waals surface area contributed by atoms with Crippen LogP contribution < -0.4 is 0 Å². The fraction of sp³-hybridized carbons (Fsp3) is 0.833. The van der Waals surface area contributed by atoms with Crippen molar-refractivity contribution in [3.63, 3.8) is 0 Å². The minimum absolute atomic E-state index is 0.0954. The molecule has 0 aromatic rings. The van der Waals surface area contributed by atoms with E-state index in [1.54, 1.807) is 0 Å². The molecule has 5 nitrogen and oxygen atoms in total. The molecule has 1 aliphatic heterocycles. The van der Waals surface area contributed by atoms with Crippen molar-refractivity contribution < 1.29 is 24.2 Å². The average molecular weight is 240 g/mol. The van der Waals surface area contributed by atoms with Gasteiger partial charge in [0.2, 0.25) is 0 Å². The zero-order chi connectivity index (χ0) is 12.0. The Bertz CT molecular complexity index is 366. The first-order chi connectivity index (χ1) is 8.15. The Hall–Kier alpha value is -1.10. The lowest BCUT2D eigenvalue weighted by Crippen LogP contribution is -2.41. The van der Waals surface area contributed by atoms with E-state index in [9.17, 15) is 9.59 Å². The summed E-state index contributed by atoms with van der Waals surface area (Å²) < 4.78 is 10.3. The molecule has 94 valence electrons. The Balaban J connectivity index is 1.78. The lowest BCUT2D eigenvalue weighted by atomic mass is 9.71. The molecule has 3 aliphatic rings. The van der Waals surface area contributed by atoms with E-state index >= 15 is 0 Å². The number of hydrogen-bond donors (Lipinski definition) is 1. The monoisotopic (exact) mass is 240 g/mol. The van der Waals surface area contributed by atoms with Crippen molar-refractivity contribution in [2.75, 3.05) is 13.2 Å². The van der Waals surface area contributed by atoms with Crippen LogP contribution in [0.3, 0.4) is 0 Å². The van der Waals surface area contributed by atoms with Gasteiger partial charge in [-0.15, -0.1) is 0 Å². The third-order valence-electron chi connectivity index (χ3n) is 4.56. The van der Waals surface area contributed by atoms with E-state index in [1.165, 1.54) is 0 Å². The minimum Gasteiger partial charge on any atom is -0.465 e. The van der Waals surface area contributed by atoms with Crippen molar-refractivity contribution in [1.29, 1.82) is 0 Å². The number of ether oxygens (including phenoxy) is 2. The maximum atomic E-state index is 11.9. The highest BCUT2D eigenvalue weighted by atomic mass is 16.6. The van der Waals surface area contributed by atoms with Crippen LogP contribution in [-0.2, 0) is 19.1 Å². The number of aliphatic hydroxyl groups excluding tert-OH is 1. The van der Waals surface area contributed by atoms with Gasteiger partial charge in [0.05, 0.1) is 12.0 Å². The molecule has 0 radical (unpaired) electrons. The van der Waals surface area contributed by atoms with Crippen molar-refractivity contribution in [3.05, 3.63) is 0 Å². The molecule has 2 aliphatic carbocycles. The van der Waals surface area contributed by atoms with Crippen LogP contribution in [0.1, 0.15) is 25.7 Å². The van der Waals surface area contributed by atoms with Gasteiger partial charge in [0, 0.05) is 5.92 Å². The zero-order valence-electron chi connectivity index (χ0n) is 9.55. The third-order valence-corrected chi connectivity index (χ3v) is 4.56. The molecule has 0 aromatic carbocycles. The maximum Gasteiger partial charge on any atom is 0.332 e. The summed E-state index contributed by atoms with van der Waals surface area (Å²) in [7, 11) is 0. The summed E-state index contributed by atoms with van der Waals surface area (Å²) in [4.78, 5) is 23.0. The first-order valence-corrected chi connectivity index (χ1v) is 6.13. The topological polar surface area (TPSA) is 72.8 Å². The Morgan fingerprint density at radius 2 is 2.35 bits per heavy atom. The average Bonchev–Trinajstić information content (AvgIpc) is 2.95. The second-order valence-corrected chi connectivity index (χ2v) is 5.38. The Morgan fingerprint density at radius 3 is 2.94 bits per heavy atom. The van der Waals surface area contributed by atoms with E-state index in [0.29, 0.717) is 12.5 Å². The number of aliphatic hydroxyl groups is 1. The quantitative estimate of drug-likeness (QED) is 0.701. The Morgan fingerprint density at radius 1 is 1.53 bits per heavy atom. The van der Waals surface area contributed by atoms with Gasteiger partial charge in [-0.25, -0.2) is 4.79 Å². The van der Waals surface area contributed by atoms with Crippen molar-refractivity contribution in [1.82, 2.24) is 0 Å². The molecule has 1 heterocycles. The number of hydrogen-bond acceptors (Lipinski definition) is 5. The van der Waals surface area contributed by atoms with Gasteiger partial charge in [0.25, 0.3) is 0 Å². The van der Waals surface area contributed by atoms with Gasteiger partial charge in [-0.3, -0.25) is 4.79 Å². The number of rotatable bonds is 2. The van der Waals surface area contributed by atoms with Crippen LogP contribution >= 0.6 is 0 Å². The van der Waals surface area contributed by atoms with Gasteiger partial charge < -0.3 is 14.6 Å². The summed E-state index contributed by atoms with van der Waals surface area (Å²) in [5.74, 6) is -0.154. The van der Waals surface area contributed by atoms with Crippen molar-refractivity contribution >= 4 is 11.9 Å². The van der Waals surface area contributed by atoms with E-state index < -0.39 is 18.0 Å². The lowest BCUT2D eigenvalue weighted by Gasteiger charge is -2.34. The first kappa shape index (κ1) is 11.0. The Labute approximate surface area is 99.1 Å². The molecule has 2 bridgehead atoms. The lowest BCUT2D eigenvalue weighted by molar-refractivity contribution is -0.163. The number of esters is 2. The van der Waals surface area contributed by atoms with Gasteiger partial charge in [-0.05, 0) is 31.6 Å². The third kappa shape index (κ3) is 1.48. The van der Waals surface area contributed by atoms with E-state index in [0.717, 1.165) is 25.7 Å². The SMILES string of the molecule is O=C(CO)OC1CC2CC1C1(CCOC1=O)C2. The minimum atomic E-state index is -0.593. The molecule has 3 rings (SSSR count). The van der Waals surface area contributed by atoms with Crippen LogP contribution in [0.5, 0.6) is 0 Å². The van der Waals surface area contributed by atoms with E-state index in [4.69, 9.17) is 14.6 Å². The fourth-order valence-electron chi connectivity index (χ4n) is 3.94. The summed E-state index contributed by atoms with van der Waals surface area (Å²) >= 11 is 0. The first-order valence-electron chi connectivity index (χ1n) is 6.13. The summed E-state index contributed by atoms with van der Waals surface area (Å²) in [6.45, 7) is -0.103. The number of carbonyl (C=O) groups excluding carboxylic acids is 2. The summed E-state index contributed by atoms with van der Waals surface area (Å²) in [5.41, 5.74) is -0.399. The number of carbonyl (C=O) groups is 2. The highest BCUT2D eigenvalue weighted by Crippen LogP contribution is 2.60. The molecular formula is C12H16O5. The second kappa shape index (κ2) is 3.70. The van der Waals surface area contributed by atoms with Crippen LogP contribution in [0.2, 0.25) is 0 Å². The van der Waals surface area contributed by atoms with E-state index in [1.807, 2.05) is 0 Å². The molecule has 0 aromatic heterocycles. The summed E-state index contributed by atoms with van der Waals surface area (Å²) in [5, 5.41) is 8.71. The molecule has 17 heavy (non-hydrogen) atoms. The van der Waals surface area contributed by atoms with Gasteiger partial charge >= 0.3 is 11.9 Å². The predicted octanol–water partition coefficient (Wildman–Crippen LogP) is 0.254. The maximum absolute atomic E-state index is 11.9. The number of cyclic esters (lactones) is 1. The van der Waals surface area contributed by atoms with Crippen LogP contribution in [0, 0.1) is 17.3 Å². The number of fused-ring (bicyclic) bond motifs is 3. The highest BCUT2D eigenvalue weighted by molar-refractivity contribution is 5.80. The molecule has 3 fully saturated rings. The molecule has 5 heteroatoms. The zero-order valence-corrected chi connectivity index (χ0v) is 9.55. The van der Waals surface area contributed by atoms with Crippen LogP contribution in [-0.4, -0.2) is 36.4 Å². The standard InChI is InChI=1S/C12H16O5/c13-6-10(14)17-9-4-7-3-8(9)12(5-7)1-2-16-11(12)15/h7-9,13H,1-6H2. The van der Waals surface area contributed by atoms with Gasteiger partial charge in [0.1, 0.15) is 12.7 Å². The molecule has 4 unspecified atom stereocenters. The van der Waals surface area contributed by atoms with E-state index in [-0.39, 0.29) is 18.0 Å². The summed E-state index contributed by atoms with van der Waals surface area (Å²) in [6, 6.07) is 0. The molecule has 4 atom stereocenters. The smallest absolute Gasteiger partial charge is 0.332 e. The molecule has 1 N–H and O–H groups in total. The van der Waals surface area contributed by atoms with Crippen molar-refractivity contribution in [2.45, 2.75) is 31.8 Å². The molecular weight excluding hydrogens is 224 g/mol. The van der Waals surface area contributed by atoms with Crippen LogP contribution in [0.15, 0.2) is 0 Å². The highest BCUT2D eigenvalue weighted by Gasteiger charge is 2.63. The van der Waals surface area contributed by atoms with Crippen LogP contribution in [0.4, 0.5) is 0 Å². The van der Waals surface area contributed by atoms with Crippen LogP contribution in [0.25, 0.3) is 0 Å². The van der Waals surface area contributed by atoms with Crippen molar-refractivity contribution in [2.24, 2.45) is 17.3 Å². The van der Waals surface area contributed by atoms with Crippen molar-refractivity contribution in [3.8, 4) is 0 Å². The van der Waals surface area contributed by atoms with Gasteiger partial charge in [0.15, 0.2) is 0 Å². The van der Waals surface area contributed by atoms with Gasteiger partial charge in [-0.1, -0.05) is 0 Å². The second-order valence-electron chi connectivity index (χ2n) is 5.38.